The van der Waals surface area contributed by atoms with E-state index in [0.717, 1.165) is 12.8 Å². The van der Waals surface area contributed by atoms with Crippen molar-refractivity contribution in [2.75, 3.05) is 6.54 Å². The van der Waals surface area contributed by atoms with Crippen LogP contribution in [-0.4, -0.2) is 40.5 Å². The van der Waals surface area contributed by atoms with Gasteiger partial charge in [0.05, 0.1) is 12.5 Å². The van der Waals surface area contributed by atoms with E-state index in [1.807, 2.05) is 12.1 Å². The summed E-state index contributed by atoms with van der Waals surface area (Å²) >= 11 is 0. The summed E-state index contributed by atoms with van der Waals surface area (Å²) in [5.74, 6) is -0.802. The van der Waals surface area contributed by atoms with Gasteiger partial charge in [-0.1, -0.05) is 24.3 Å². The Kier molecular flexibility index (Phi) is 3.92. The lowest BCUT2D eigenvalue weighted by Gasteiger charge is -2.31. The number of fused-ring (bicyclic) bond motifs is 1. The summed E-state index contributed by atoms with van der Waals surface area (Å²) in [4.78, 5) is 25.2. The van der Waals surface area contributed by atoms with Gasteiger partial charge in [0.2, 0.25) is 5.91 Å². The van der Waals surface area contributed by atoms with Crippen LogP contribution in [0.25, 0.3) is 0 Å². The zero-order valence-corrected chi connectivity index (χ0v) is 11.9. The van der Waals surface area contributed by atoms with Crippen LogP contribution in [-0.2, 0) is 22.6 Å². The molecule has 1 aliphatic carbocycles. The lowest BCUT2D eigenvalue weighted by molar-refractivity contribution is -0.139. The molecule has 1 aliphatic heterocycles. The fourth-order valence-corrected chi connectivity index (χ4v) is 2.90. The van der Waals surface area contributed by atoms with Crippen molar-refractivity contribution in [3.63, 3.8) is 0 Å². The Bertz CT molecular complexity index is 554. The Hall–Kier alpha value is -1.88. The molecule has 0 aromatic heterocycles. The summed E-state index contributed by atoms with van der Waals surface area (Å²) in [6.45, 7) is 1.02. The van der Waals surface area contributed by atoms with E-state index in [1.165, 1.54) is 11.1 Å². The highest BCUT2D eigenvalue weighted by atomic mass is 16.4. The standard InChI is InChI=1S/C16H20N2O3/c19-15(20)7-8-18(13-5-6-13)16(21)14-9-11-3-1-2-4-12(11)10-17-14/h1-4,13-14,17H,5-10H2,(H,19,20)/t14-/m0/s1. The van der Waals surface area contributed by atoms with Crippen molar-refractivity contribution in [3.05, 3.63) is 35.4 Å². The van der Waals surface area contributed by atoms with Gasteiger partial charge in [0.15, 0.2) is 0 Å². The molecular weight excluding hydrogens is 268 g/mol. The number of nitrogens with one attached hydrogen (secondary N) is 1. The fraction of sp³-hybridized carbons (Fsp3) is 0.500. The molecule has 1 heterocycles. The number of carboxylic acid groups (broad SMARTS) is 1. The SMILES string of the molecule is O=C(O)CCN(C(=O)[C@@H]1Cc2ccccc2CN1)C1CC1. The normalized spacial score (nSPS) is 20.7. The molecule has 0 bridgehead atoms. The Labute approximate surface area is 123 Å². The van der Waals surface area contributed by atoms with Crippen molar-refractivity contribution < 1.29 is 14.7 Å². The zero-order valence-electron chi connectivity index (χ0n) is 11.9. The van der Waals surface area contributed by atoms with Crippen LogP contribution in [0.15, 0.2) is 24.3 Å². The largest absolute Gasteiger partial charge is 0.481 e. The molecule has 0 spiro atoms. The highest BCUT2D eigenvalue weighted by molar-refractivity contribution is 5.83. The number of nitrogens with zero attached hydrogens (tertiary/aromatic N) is 1. The molecule has 2 N–H and O–H groups in total. The molecule has 3 rings (SSSR count). The van der Waals surface area contributed by atoms with E-state index in [2.05, 4.69) is 17.4 Å². The van der Waals surface area contributed by atoms with E-state index in [-0.39, 0.29) is 24.4 Å². The minimum atomic E-state index is -0.851. The second-order valence-electron chi connectivity index (χ2n) is 5.81. The molecule has 21 heavy (non-hydrogen) atoms. The Morgan fingerprint density at radius 2 is 1.95 bits per heavy atom. The number of carbonyl (C=O) groups excluding carboxylic acids is 1. The monoisotopic (exact) mass is 288 g/mol. The van der Waals surface area contributed by atoms with E-state index in [9.17, 15) is 9.59 Å². The summed E-state index contributed by atoms with van der Waals surface area (Å²) in [6, 6.07) is 8.16. The quantitative estimate of drug-likeness (QED) is 0.853. The van der Waals surface area contributed by atoms with E-state index in [4.69, 9.17) is 5.11 Å². The van der Waals surface area contributed by atoms with Gasteiger partial charge in [-0.3, -0.25) is 9.59 Å². The number of hydrogen-bond acceptors (Lipinski definition) is 3. The molecular formula is C16H20N2O3. The first-order valence-corrected chi connectivity index (χ1v) is 7.47. The fourth-order valence-electron chi connectivity index (χ4n) is 2.90. The summed E-state index contributed by atoms with van der Waals surface area (Å²) in [5, 5.41) is 12.1. The van der Waals surface area contributed by atoms with Crippen LogP contribution in [0.1, 0.15) is 30.4 Å². The second-order valence-corrected chi connectivity index (χ2v) is 5.81. The summed E-state index contributed by atoms with van der Waals surface area (Å²) in [5.41, 5.74) is 2.45. The maximum absolute atomic E-state index is 12.7. The van der Waals surface area contributed by atoms with Gasteiger partial charge in [-0.2, -0.15) is 0 Å². The average molecular weight is 288 g/mol. The van der Waals surface area contributed by atoms with Crippen LogP contribution in [0.5, 0.6) is 0 Å². The van der Waals surface area contributed by atoms with Crippen LogP contribution in [0.3, 0.4) is 0 Å². The van der Waals surface area contributed by atoms with Gasteiger partial charge in [-0.15, -0.1) is 0 Å². The smallest absolute Gasteiger partial charge is 0.305 e. The Morgan fingerprint density at radius 1 is 1.24 bits per heavy atom. The third-order valence-corrected chi connectivity index (χ3v) is 4.22. The first-order valence-electron chi connectivity index (χ1n) is 7.47. The number of rotatable bonds is 5. The van der Waals surface area contributed by atoms with Crippen molar-refractivity contribution in [1.82, 2.24) is 10.2 Å². The molecule has 1 saturated carbocycles. The Morgan fingerprint density at radius 3 is 2.62 bits per heavy atom. The van der Waals surface area contributed by atoms with Gasteiger partial charge in [-0.25, -0.2) is 0 Å². The first kappa shape index (κ1) is 14.1. The molecule has 1 amide bonds. The van der Waals surface area contributed by atoms with Gasteiger partial charge in [0.25, 0.3) is 0 Å². The van der Waals surface area contributed by atoms with Crippen molar-refractivity contribution in [2.45, 2.75) is 44.3 Å². The predicted molar refractivity (Wildman–Crippen MR) is 77.8 cm³/mol. The number of hydrogen-bond donors (Lipinski definition) is 2. The summed E-state index contributed by atoms with van der Waals surface area (Å²) < 4.78 is 0. The second kappa shape index (κ2) is 5.85. The maximum atomic E-state index is 12.7. The predicted octanol–water partition coefficient (Wildman–Crippen LogP) is 1.17. The minimum Gasteiger partial charge on any atom is -0.481 e. The van der Waals surface area contributed by atoms with Crippen molar-refractivity contribution in [1.29, 1.82) is 0 Å². The molecule has 5 heteroatoms. The molecule has 0 radical (unpaired) electrons. The summed E-state index contributed by atoms with van der Waals surface area (Å²) in [6.07, 6.45) is 2.69. The number of aliphatic carboxylic acids is 1. The van der Waals surface area contributed by atoms with Crippen LogP contribution in [0.2, 0.25) is 0 Å². The number of carboxylic acids is 1. The third kappa shape index (κ3) is 3.24. The average Bonchev–Trinajstić information content (AvgIpc) is 3.31. The molecule has 1 aromatic carbocycles. The van der Waals surface area contributed by atoms with Gasteiger partial charge >= 0.3 is 5.97 Å². The molecule has 1 fully saturated rings. The molecule has 112 valence electrons. The summed E-state index contributed by atoms with van der Waals surface area (Å²) in [7, 11) is 0. The lowest BCUT2D eigenvalue weighted by Crippen LogP contribution is -2.50. The van der Waals surface area contributed by atoms with Gasteiger partial charge < -0.3 is 15.3 Å². The minimum absolute atomic E-state index is 0.0194. The molecule has 5 nitrogen and oxygen atoms in total. The van der Waals surface area contributed by atoms with E-state index in [1.54, 1.807) is 4.90 Å². The highest BCUT2D eigenvalue weighted by Crippen LogP contribution is 2.28. The van der Waals surface area contributed by atoms with Gasteiger partial charge in [0, 0.05) is 19.1 Å². The molecule has 2 aliphatic rings. The highest BCUT2D eigenvalue weighted by Gasteiger charge is 2.36. The van der Waals surface area contributed by atoms with Crippen molar-refractivity contribution in [3.8, 4) is 0 Å². The molecule has 0 saturated heterocycles. The van der Waals surface area contributed by atoms with Crippen LogP contribution in [0.4, 0.5) is 0 Å². The van der Waals surface area contributed by atoms with Gasteiger partial charge in [-0.05, 0) is 30.4 Å². The molecule has 1 atom stereocenters. The van der Waals surface area contributed by atoms with Crippen molar-refractivity contribution >= 4 is 11.9 Å². The van der Waals surface area contributed by atoms with Crippen LogP contribution < -0.4 is 5.32 Å². The zero-order chi connectivity index (χ0) is 14.8. The number of amides is 1. The van der Waals surface area contributed by atoms with E-state index in [0.29, 0.717) is 19.5 Å². The molecule has 0 unspecified atom stereocenters. The third-order valence-electron chi connectivity index (χ3n) is 4.22. The molecule has 1 aromatic rings. The first-order chi connectivity index (χ1) is 10.1. The van der Waals surface area contributed by atoms with Gasteiger partial charge in [0.1, 0.15) is 0 Å². The number of carbonyl (C=O) groups is 2. The van der Waals surface area contributed by atoms with Crippen molar-refractivity contribution in [2.24, 2.45) is 0 Å². The maximum Gasteiger partial charge on any atom is 0.305 e. The van der Waals surface area contributed by atoms with Crippen LogP contribution in [0, 0.1) is 0 Å². The Balaban J connectivity index is 1.68. The lowest BCUT2D eigenvalue weighted by atomic mass is 9.95. The number of benzene rings is 1. The topological polar surface area (TPSA) is 69.6 Å². The van der Waals surface area contributed by atoms with E-state index < -0.39 is 5.97 Å². The van der Waals surface area contributed by atoms with E-state index >= 15 is 0 Å². The van der Waals surface area contributed by atoms with Crippen LogP contribution >= 0.6 is 0 Å².